The summed E-state index contributed by atoms with van der Waals surface area (Å²) in [4.78, 5) is 20.5. The van der Waals surface area contributed by atoms with Gasteiger partial charge in [0.25, 0.3) is 0 Å². The van der Waals surface area contributed by atoms with Crippen LogP contribution in [0.5, 0.6) is 0 Å². The normalized spacial score (nSPS) is 11.3. The molecule has 204 valence electrons. The smallest absolute Gasteiger partial charge is 0.164 e. The van der Waals surface area contributed by atoms with Crippen molar-refractivity contribution < 1.29 is 0 Å². The Morgan fingerprint density at radius 2 is 1.02 bits per heavy atom. The number of hydrogen-bond acceptors (Lipinski definition) is 5. The van der Waals surface area contributed by atoms with Crippen LogP contribution in [0.4, 0.5) is 5.69 Å². The summed E-state index contributed by atoms with van der Waals surface area (Å²) in [5.41, 5.74) is 6.74. The second kappa shape index (κ2) is 11.8. The Hall–Kier alpha value is -5.39. The van der Waals surface area contributed by atoms with Crippen molar-refractivity contribution in [3.8, 4) is 45.3 Å². The molecule has 4 nitrogen and oxygen atoms in total. The highest BCUT2D eigenvalue weighted by atomic mass is 32.1. The molecule has 0 spiro atoms. The number of fused-ring (bicyclic) bond motifs is 1. The molecule has 7 aromatic rings. The van der Waals surface area contributed by atoms with Gasteiger partial charge in [-0.3, -0.25) is 4.99 Å². The molecule has 0 radical (unpaired) electrons. The molecule has 0 saturated carbocycles. The Kier molecular flexibility index (Phi) is 7.30. The Morgan fingerprint density at radius 3 is 1.67 bits per heavy atom. The fourth-order valence-corrected chi connectivity index (χ4v) is 5.39. The lowest BCUT2D eigenvalue weighted by atomic mass is 9.96. The predicted octanol–water partition coefficient (Wildman–Crippen LogP) is 9.73. The predicted molar refractivity (Wildman–Crippen MR) is 180 cm³/mol. The molecule has 43 heavy (non-hydrogen) atoms. The van der Waals surface area contributed by atoms with Crippen molar-refractivity contribution in [3.05, 3.63) is 151 Å². The quantitative estimate of drug-likeness (QED) is 0.160. The summed E-state index contributed by atoms with van der Waals surface area (Å²) in [6, 6.07) is 49.0. The third-order valence-electron chi connectivity index (χ3n) is 7.29. The number of nitrogens with zero attached hydrogens (tertiary/aromatic N) is 4. The van der Waals surface area contributed by atoms with Crippen LogP contribution in [0.2, 0.25) is 0 Å². The maximum atomic E-state index is 4.98. The first kappa shape index (κ1) is 26.5. The summed E-state index contributed by atoms with van der Waals surface area (Å²) in [5.74, 6) is 1.89. The molecular weight excluding hydrogens is 545 g/mol. The molecule has 0 aliphatic rings. The van der Waals surface area contributed by atoms with Gasteiger partial charge in [-0.05, 0) is 34.2 Å². The number of aliphatic imine (C=N–C) groups is 1. The lowest BCUT2D eigenvalue weighted by Gasteiger charge is -2.13. The summed E-state index contributed by atoms with van der Waals surface area (Å²) >= 11 is 4.77. The molecule has 0 N–H and O–H groups in total. The van der Waals surface area contributed by atoms with Gasteiger partial charge in [0.15, 0.2) is 17.5 Å². The van der Waals surface area contributed by atoms with Gasteiger partial charge in [-0.1, -0.05) is 133 Å². The fourth-order valence-electron chi connectivity index (χ4n) is 5.13. The first-order valence-electron chi connectivity index (χ1n) is 14.0. The molecule has 0 unspecified atom stereocenters. The molecule has 0 aliphatic heterocycles. The van der Waals surface area contributed by atoms with Crippen molar-refractivity contribution in [3.63, 3.8) is 0 Å². The van der Waals surface area contributed by atoms with Crippen LogP contribution in [0.25, 0.3) is 56.1 Å². The molecule has 1 aromatic heterocycles. The van der Waals surface area contributed by atoms with Crippen molar-refractivity contribution in [1.29, 1.82) is 0 Å². The summed E-state index contributed by atoms with van der Waals surface area (Å²) < 4.78 is 0. The van der Waals surface area contributed by atoms with Crippen LogP contribution in [-0.2, 0) is 0 Å². The molecular formula is C38H26N4S. The van der Waals surface area contributed by atoms with Gasteiger partial charge in [0, 0.05) is 33.2 Å². The van der Waals surface area contributed by atoms with E-state index in [0.29, 0.717) is 17.5 Å². The highest BCUT2D eigenvalue weighted by molar-refractivity contribution is 7.80. The van der Waals surface area contributed by atoms with E-state index in [1.807, 2.05) is 115 Å². The number of benzene rings is 6. The number of thiol groups is 1. The van der Waals surface area contributed by atoms with Crippen molar-refractivity contribution in [2.45, 2.75) is 4.90 Å². The third kappa shape index (κ3) is 5.59. The molecule has 0 atom stereocenters. The van der Waals surface area contributed by atoms with Gasteiger partial charge in [-0.15, -0.1) is 12.6 Å². The molecule has 7 rings (SSSR count). The van der Waals surface area contributed by atoms with E-state index < -0.39 is 0 Å². The lowest BCUT2D eigenvalue weighted by molar-refractivity contribution is 1.07. The molecule has 6 aromatic carbocycles. The average Bonchev–Trinajstić information content (AvgIpc) is 3.08. The van der Waals surface area contributed by atoms with Crippen LogP contribution in [0.1, 0.15) is 5.56 Å². The van der Waals surface area contributed by atoms with Gasteiger partial charge in [0.2, 0.25) is 0 Å². The van der Waals surface area contributed by atoms with E-state index >= 15 is 0 Å². The lowest BCUT2D eigenvalue weighted by Crippen LogP contribution is -2.01. The van der Waals surface area contributed by atoms with Crippen LogP contribution in [0, 0.1) is 0 Å². The minimum atomic E-state index is 0.619. The fraction of sp³-hybridized carbons (Fsp3) is 0. The minimum Gasteiger partial charge on any atom is -0.254 e. The van der Waals surface area contributed by atoms with Gasteiger partial charge in [0.05, 0.1) is 5.69 Å². The van der Waals surface area contributed by atoms with Crippen molar-refractivity contribution >= 4 is 35.3 Å². The first-order valence-corrected chi connectivity index (χ1v) is 14.5. The number of hydrogen-bond donors (Lipinski definition) is 1. The number of rotatable bonds is 6. The van der Waals surface area contributed by atoms with Crippen LogP contribution >= 0.6 is 12.6 Å². The van der Waals surface area contributed by atoms with E-state index in [0.717, 1.165) is 54.7 Å². The minimum absolute atomic E-state index is 0.619. The second-order valence-corrected chi connectivity index (χ2v) is 10.6. The highest BCUT2D eigenvalue weighted by Gasteiger charge is 2.16. The zero-order valence-electron chi connectivity index (χ0n) is 23.2. The summed E-state index contributed by atoms with van der Waals surface area (Å²) in [7, 11) is 0. The van der Waals surface area contributed by atoms with E-state index in [-0.39, 0.29) is 0 Å². The largest absolute Gasteiger partial charge is 0.254 e. The summed E-state index contributed by atoms with van der Waals surface area (Å²) in [6.07, 6.45) is 1.89. The third-order valence-corrected chi connectivity index (χ3v) is 7.65. The van der Waals surface area contributed by atoms with E-state index in [9.17, 15) is 0 Å². The molecule has 0 fully saturated rings. The summed E-state index contributed by atoms with van der Waals surface area (Å²) in [6.45, 7) is 0. The maximum absolute atomic E-state index is 4.98. The van der Waals surface area contributed by atoms with E-state index in [1.54, 1.807) is 0 Å². The van der Waals surface area contributed by atoms with Crippen molar-refractivity contribution in [2.75, 3.05) is 0 Å². The van der Waals surface area contributed by atoms with Crippen LogP contribution in [0.3, 0.4) is 0 Å². The van der Waals surface area contributed by atoms with E-state index in [1.165, 1.54) is 0 Å². The van der Waals surface area contributed by atoms with E-state index in [4.69, 9.17) is 32.6 Å². The average molecular weight is 571 g/mol. The van der Waals surface area contributed by atoms with Gasteiger partial charge in [-0.25, -0.2) is 15.0 Å². The summed E-state index contributed by atoms with van der Waals surface area (Å²) in [5, 5.41) is 2.12. The highest BCUT2D eigenvalue weighted by Crippen LogP contribution is 2.38. The van der Waals surface area contributed by atoms with Crippen LogP contribution in [-0.4, -0.2) is 21.2 Å². The molecule has 5 heteroatoms. The Morgan fingerprint density at radius 1 is 0.488 bits per heavy atom. The standard InChI is InChI=1S/C38H26N4S/c43-34-23-22-27-20-21-30(24-33(27)35(34)39-25-26-12-4-1-5-13-26)31-18-10-11-19-32(31)38-41-36(28-14-6-2-7-15-28)40-37(42-38)29-16-8-3-9-17-29/h1-25,43H/b39-25+. The first-order chi connectivity index (χ1) is 21.2. The monoisotopic (exact) mass is 570 g/mol. The molecule has 1 heterocycles. The van der Waals surface area contributed by atoms with Gasteiger partial charge < -0.3 is 0 Å². The van der Waals surface area contributed by atoms with E-state index in [2.05, 4.69) is 36.4 Å². The zero-order chi connectivity index (χ0) is 29.0. The topological polar surface area (TPSA) is 51.0 Å². The van der Waals surface area contributed by atoms with Crippen LogP contribution < -0.4 is 0 Å². The molecule has 0 amide bonds. The number of aromatic nitrogens is 3. The Bertz CT molecular complexity index is 2020. The van der Waals surface area contributed by atoms with Crippen molar-refractivity contribution in [1.82, 2.24) is 15.0 Å². The SMILES string of the molecule is Sc1ccc2ccc(-c3ccccc3-c3nc(-c4ccccc4)nc(-c4ccccc4)n3)cc2c1/N=C/c1ccccc1. The maximum Gasteiger partial charge on any atom is 0.164 e. The van der Waals surface area contributed by atoms with Gasteiger partial charge in [-0.2, -0.15) is 0 Å². The van der Waals surface area contributed by atoms with Crippen LogP contribution in [0.15, 0.2) is 155 Å². The molecule has 0 saturated heterocycles. The molecule has 0 aliphatic carbocycles. The second-order valence-electron chi connectivity index (χ2n) is 10.1. The Balaban J connectivity index is 1.38. The van der Waals surface area contributed by atoms with Gasteiger partial charge in [0.1, 0.15) is 0 Å². The van der Waals surface area contributed by atoms with Gasteiger partial charge >= 0.3 is 0 Å². The molecule has 0 bridgehead atoms. The zero-order valence-corrected chi connectivity index (χ0v) is 24.1. The van der Waals surface area contributed by atoms with Crippen molar-refractivity contribution in [2.24, 2.45) is 4.99 Å². The Labute approximate surface area is 255 Å².